The molecule has 1 aromatic heterocycles. The molecule has 0 atom stereocenters. The van der Waals surface area contributed by atoms with E-state index in [0.29, 0.717) is 10.5 Å². The number of carbonyl (C=O) groups is 1. The van der Waals surface area contributed by atoms with Crippen LogP contribution in [0.3, 0.4) is 0 Å². The van der Waals surface area contributed by atoms with Crippen LogP contribution in [0.5, 0.6) is 0 Å². The largest absolute Gasteiger partial charge is 0.300 e. The lowest BCUT2D eigenvalue weighted by Gasteiger charge is -2.52. The van der Waals surface area contributed by atoms with Gasteiger partial charge in [-0.3, -0.25) is 4.79 Å². The third-order valence-electron chi connectivity index (χ3n) is 3.51. The molecule has 2 heterocycles. The first-order chi connectivity index (χ1) is 9.21. The van der Waals surface area contributed by atoms with Crippen LogP contribution in [0.25, 0.3) is 0 Å². The predicted octanol–water partition coefficient (Wildman–Crippen LogP) is 2.90. The molecule has 1 aliphatic heterocycles. The van der Waals surface area contributed by atoms with E-state index in [9.17, 15) is 4.79 Å². The van der Waals surface area contributed by atoms with Crippen LogP contribution in [0.1, 0.15) is 12.8 Å². The van der Waals surface area contributed by atoms with Gasteiger partial charge < -0.3 is 5.32 Å². The number of thioether (sulfide) groups is 2. The lowest BCUT2D eigenvalue weighted by atomic mass is 9.63. The molecule has 1 aliphatic carbocycles. The van der Waals surface area contributed by atoms with Crippen LogP contribution in [-0.2, 0) is 4.79 Å². The molecule has 1 N–H and O–H groups in total. The summed E-state index contributed by atoms with van der Waals surface area (Å²) in [4.78, 5) is 12.0. The molecule has 2 fully saturated rings. The zero-order valence-electron chi connectivity index (χ0n) is 10.4. The summed E-state index contributed by atoms with van der Waals surface area (Å²) < 4.78 is 0.871. The highest BCUT2D eigenvalue weighted by Crippen LogP contribution is 2.56. The fourth-order valence-electron chi connectivity index (χ4n) is 2.45. The second-order valence-electron chi connectivity index (χ2n) is 5.06. The van der Waals surface area contributed by atoms with Crippen molar-refractivity contribution in [3.8, 4) is 0 Å². The molecular formula is C12H15N3OS3. The number of rotatable bonds is 5. The minimum atomic E-state index is 0.110. The van der Waals surface area contributed by atoms with E-state index >= 15 is 0 Å². The van der Waals surface area contributed by atoms with E-state index in [1.54, 1.807) is 11.8 Å². The highest BCUT2D eigenvalue weighted by molar-refractivity contribution is 8.01. The summed E-state index contributed by atoms with van der Waals surface area (Å²) in [5.41, 5.74) is 0.499. The number of amides is 1. The van der Waals surface area contributed by atoms with Gasteiger partial charge in [-0.05, 0) is 29.8 Å². The van der Waals surface area contributed by atoms with Crippen molar-refractivity contribution < 1.29 is 4.79 Å². The Morgan fingerprint density at radius 1 is 1.53 bits per heavy atom. The molecule has 4 nitrogen and oxygen atoms in total. The molecule has 7 heteroatoms. The van der Waals surface area contributed by atoms with Gasteiger partial charge in [0.25, 0.3) is 0 Å². The van der Waals surface area contributed by atoms with Crippen LogP contribution in [0.4, 0.5) is 5.13 Å². The quantitative estimate of drug-likeness (QED) is 0.514. The number of nitrogens with one attached hydrogen (secondary N) is 1. The summed E-state index contributed by atoms with van der Waals surface area (Å²) in [6, 6.07) is 0. The lowest BCUT2D eigenvalue weighted by Crippen LogP contribution is -2.51. The van der Waals surface area contributed by atoms with Gasteiger partial charge in [-0.2, -0.15) is 11.8 Å². The minimum absolute atomic E-state index is 0.110. The summed E-state index contributed by atoms with van der Waals surface area (Å²) in [5, 5.41) is 11.5. The molecule has 3 rings (SSSR count). The normalized spacial score (nSPS) is 20.6. The first kappa shape index (κ1) is 13.5. The molecule has 1 amide bonds. The highest BCUT2D eigenvalue weighted by atomic mass is 32.2. The molecule has 1 spiro atoms. The summed E-state index contributed by atoms with van der Waals surface area (Å²) in [7, 11) is 0. The number of hydrogen-bond acceptors (Lipinski definition) is 6. The van der Waals surface area contributed by atoms with E-state index in [2.05, 4.69) is 22.1 Å². The van der Waals surface area contributed by atoms with Gasteiger partial charge in [-0.1, -0.05) is 29.2 Å². The summed E-state index contributed by atoms with van der Waals surface area (Å²) in [5.74, 6) is 3.56. The van der Waals surface area contributed by atoms with Crippen molar-refractivity contribution in [2.45, 2.75) is 17.2 Å². The first-order valence-corrected chi connectivity index (χ1v) is 9.12. The Bertz CT molecular complexity index is 490. The summed E-state index contributed by atoms with van der Waals surface area (Å²) >= 11 is 5.00. The van der Waals surface area contributed by atoms with Crippen molar-refractivity contribution in [3.05, 3.63) is 12.7 Å². The third kappa shape index (κ3) is 2.83. The van der Waals surface area contributed by atoms with Gasteiger partial charge in [0.1, 0.15) is 0 Å². The van der Waals surface area contributed by atoms with E-state index in [0.717, 1.165) is 22.9 Å². The van der Waals surface area contributed by atoms with Crippen molar-refractivity contribution in [1.29, 1.82) is 0 Å². The third-order valence-corrected chi connectivity index (χ3v) is 7.11. The number of nitrogens with zero attached hydrogens (tertiary/aromatic N) is 2. The molecule has 19 heavy (non-hydrogen) atoms. The van der Waals surface area contributed by atoms with Crippen LogP contribution in [0, 0.1) is 11.3 Å². The molecule has 0 unspecified atom stereocenters. The molecule has 2 aliphatic rings. The van der Waals surface area contributed by atoms with Gasteiger partial charge >= 0.3 is 0 Å². The average molecular weight is 313 g/mol. The van der Waals surface area contributed by atoms with Gasteiger partial charge in [0, 0.05) is 11.7 Å². The molecule has 0 radical (unpaired) electrons. The van der Waals surface area contributed by atoms with Crippen LogP contribution >= 0.6 is 34.9 Å². The van der Waals surface area contributed by atoms with Crippen LogP contribution < -0.4 is 5.32 Å². The van der Waals surface area contributed by atoms with Crippen molar-refractivity contribution in [3.63, 3.8) is 0 Å². The topological polar surface area (TPSA) is 54.9 Å². The number of aromatic nitrogens is 2. The van der Waals surface area contributed by atoms with Crippen molar-refractivity contribution in [2.75, 3.05) is 22.6 Å². The molecular weight excluding hydrogens is 298 g/mol. The van der Waals surface area contributed by atoms with Crippen molar-refractivity contribution in [1.82, 2.24) is 10.2 Å². The molecule has 1 saturated carbocycles. The number of anilines is 1. The average Bonchev–Trinajstić information content (AvgIpc) is 2.70. The zero-order valence-corrected chi connectivity index (χ0v) is 12.9. The number of carbonyl (C=O) groups excluding carboxylic acids is 1. The van der Waals surface area contributed by atoms with Crippen molar-refractivity contribution in [2.24, 2.45) is 11.3 Å². The highest BCUT2D eigenvalue weighted by Gasteiger charge is 2.51. The predicted molar refractivity (Wildman–Crippen MR) is 81.9 cm³/mol. The molecule has 0 aromatic carbocycles. The summed E-state index contributed by atoms with van der Waals surface area (Å²) in [6.45, 7) is 3.66. The Kier molecular flexibility index (Phi) is 3.86. The second kappa shape index (κ2) is 5.46. The molecule has 1 aromatic rings. The van der Waals surface area contributed by atoms with Gasteiger partial charge in [0.2, 0.25) is 11.0 Å². The molecule has 102 valence electrons. The Morgan fingerprint density at radius 3 is 2.95 bits per heavy atom. The smallest absolute Gasteiger partial charge is 0.229 e. The van der Waals surface area contributed by atoms with E-state index in [4.69, 9.17) is 0 Å². The summed E-state index contributed by atoms with van der Waals surface area (Å²) in [6.07, 6.45) is 3.92. The van der Waals surface area contributed by atoms with Crippen LogP contribution in [0.2, 0.25) is 0 Å². The standard InChI is InChI=1S/C12H15N3OS3/c1-2-3-18-11-15-14-10(19-11)13-9(16)8-4-12(5-8)6-17-7-12/h2,8H,1,3-7H2,(H,13,14,16). The minimum Gasteiger partial charge on any atom is -0.300 e. The van der Waals surface area contributed by atoms with E-state index in [-0.39, 0.29) is 11.8 Å². The number of hydrogen-bond donors (Lipinski definition) is 1. The Labute approximate surface area is 124 Å². The Balaban J connectivity index is 1.49. The fraction of sp³-hybridized carbons (Fsp3) is 0.583. The van der Waals surface area contributed by atoms with E-state index < -0.39 is 0 Å². The molecule has 1 saturated heterocycles. The van der Waals surface area contributed by atoms with Crippen LogP contribution in [0.15, 0.2) is 17.0 Å². The zero-order chi connectivity index (χ0) is 13.3. The maximum Gasteiger partial charge on any atom is 0.229 e. The van der Waals surface area contributed by atoms with Crippen LogP contribution in [-0.4, -0.2) is 33.4 Å². The maximum atomic E-state index is 12.0. The van der Waals surface area contributed by atoms with Gasteiger partial charge in [0.05, 0.1) is 0 Å². The Hall–Kier alpha value is -0.530. The Morgan fingerprint density at radius 2 is 2.32 bits per heavy atom. The SMILES string of the molecule is C=CCSc1nnc(NC(=O)C2CC3(CSC3)C2)s1. The van der Waals surface area contributed by atoms with Gasteiger partial charge in [-0.25, -0.2) is 0 Å². The first-order valence-electron chi connectivity index (χ1n) is 6.17. The lowest BCUT2D eigenvalue weighted by molar-refractivity contribution is -0.126. The second-order valence-corrected chi connectivity index (χ2v) is 8.29. The van der Waals surface area contributed by atoms with Gasteiger partial charge in [0.15, 0.2) is 4.34 Å². The monoisotopic (exact) mass is 313 g/mol. The maximum absolute atomic E-state index is 12.0. The van der Waals surface area contributed by atoms with Crippen molar-refractivity contribution >= 4 is 45.9 Å². The fourth-order valence-corrected chi connectivity index (χ4v) is 5.22. The van der Waals surface area contributed by atoms with E-state index in [1.165, 1.54) is 22.8 Å². The van der Waals surface area contributed by atoms with E-state index in [1.807, 2.05) is 17.8 Å². The molecule has 0 bridgehead atoms. The van der Waals surface area contributed by atoms with Gasteiger partial charge in [-0.15, -0.1) is 16.8 Å².